The maximum atomic E-state index is 12.5. The maximum Gasteiger partial charge on any atom is 0.243 e. The molecule has 1 heterocycles. The van der Waals surface area contributed by atoms with E-state index >= 15 is 0 Å². The van der Waals surface area contributed by atoms with E-state index in [0.717, 1.165) is 5.56 Å². The van der Waals surface area contributed by atoms with Crippen LogP contribution in [0.3, 0.4) is 0 Å². The highest BCUT2D eigenvalue weighted by atomic mass is 32.2. The van der Waals surface area contributed by atoms with Crippen LogP contribution in [-0.4, -0.2) is 41.9 Å². The minimum atomic E-state index is -3.47. The topological polar surface area (TPSA) is 105 Å². The van der Waals surface area contributed by atoms with Crippen molar-refractivity contribution in [1.82, 2.24) is 19.8 Å². The van der Waals surface area contributed by atoms with Crippen molar-refractivity contribution in [2.75, 3.05) is 13.1 Å². The summed E-state index contributed by atoms with van der Waals surface area (Å²) in [6.07, 6.45) is 0.795. The Morgan fingerprint density at radius 1 is 1.14 bits per heavy atom. The van der Waals surface area contributed by atoms with Crippen molar-refractivity contribution < 1.29 is 17.7 Å². The molecule has 2 aromatic rings. The molecule has 1 aromatic carbocycles. The Hall–Kier alpha value is -2.26. The third-order valence-corrected chi connectivity index (χ3v) is 6.52. The Kier molecular flexibility index (Phi) is 7.54. The summed E-state index contributed by atoms with van der Waals surface area (Å²) in [6.45, 7) is 10.6. The number of hydrogen-bond acceptors (Lipinski definition) is 6. The van der Waals surface area contributed by atoms with Gasteiger partial charge in [-0.25, -0.2) is 8.42 Å². The van der Waals surface area contributed by atoms with Crippen molar-refractivity contribution in [2.45, 2.75) is 64.3 Å². The van der Waals surface area contributed by atoms with Gasteiger partial charge in [-0.3, -0.25) is 4.79 Å². The van der Waals surface area contributed by atoms with Gasteiger partial charge in [-0.15, -0.1) is 0 Å². The van der Waals surface area contributed by atoms with Gasteiger partial charge in [0.2, 0.25) is 21.8 Å². The number of aromatic nitrogens is 2. The first kappa shape index (κ1) is 23.0. The van der Waals surface area contributed by atoms with Crippen LogP contribution in [0.15, 0.2) is 33.7 Å². The first-order valence-electron chi connectivity index (χ1n) is 9.76. The summed E-state index contributed by atoms with van der Waals surface area (Å²) in [5, 5.41) is 6.65. The zero-order valence-corrected chi connectivity index (χ0v) is 18.5. The minimum Gasteiger partial charge on any atom is -0.349 e. The molecule has 0 aliphatic carbocycles. The molecule has 1 N–H and O–H groups in total. The Labute approximate surface area is 172 Å². The van der Waals surface area contributed by atoms with Crippen molar-refractivity contribution in [1.29, 1.82) is 0 Å². The van der Waals surface area contributed by atoms with Gasteiger partial charge in [0.05, 0.1) is 11.4 Å². The molecule has 0 unspecified atom stereocenters. The van der Waals surface area contributed by atoms with Crippen molar-refractivity contribution in [3.05, 3.63) is 41.5 Å². The van der Waals surface area contributed by atoms with Gasteiger partial charge in [0.15, 0.2) is 5.82 Å². The van der Waals surface area contributed by atoms with E-state index < -0.39 is 10.0 Å². The van der Waals surface area contributed by atoms with Crippen molar-refractivity contribution in [3.63, 3.8) is 0 Å². The minimum absolute atomic E-state index is 0.132. The van der Waals surface area contributed by atoms with E-state index in [2.05, 4.69) is 15.5 Å². The number of amides is 1. The molecule has 0 spiro atoms. The molecule has 0 bridgehead atoms. The highest BCUT2D eigenvalue weighted by Crippen LogP contribution is 2.19. The van der Waals surface area contributed by atoms with Gasteiger partial charge < -0.3 is 9.84 Å². The van der Waals surface area contributed by atoms with Crippen LogP contribution in [0.1, 0.15) is 58.3 Å². The second kappa shape index (κ2) is 9.49. The van der Waals surface area contributed by atoms with E-state index in [9.17, 15) is 13.2 Å². The van der Waals surface area contributed by atoms with E-state index in [1.165, 1.54) is 4.31 Å². The van der Waals surface area contributed by atoms with Crippen molar-refractivity contribution >= 4 is 15.9 Å². The number of aryl methyl sites for hydroxylation is 1. The molecule has 1 aromatic heterocycles. The zero-order chi connectivity index (χ0) is 21.7. The average molecular weight is 423 g/mol. The molecule has 1 amide bonds. The second-order valence-electron chi connectivity index (χ2n) is 7.78. The third kappa shape index (κ3) is 6.11. The smallest absolute Gasteiger partial charge is 0.243 e. The Morgan fingerprint density at radius 2 is 1.76 bits per heavy atom. The van der Waals surface area contributed by atoms with E-state index in [4.69, 9.17) is 4.52 Å². The summed E-state index contributed by atoms with van der Waals surface area (Å²) in [6, 6.07) is 6.68. The molecule has 9 heteroatoms. The molecule has 2 rings (SSSR count). The Morgan fingerprint density at radius 3 is 2.28 bits per heavy atom. The molecule has 8 nitrogen and oxygen atoms in total. The van der Waals surface area contributed by atoms with E-state index in [0.29, 0.717) is 31.2 Å². The number of carbonyl (C=O) groups is 1. The van der Waals surface area contributed by atoms with Gasteiger partial charge in [0.1, 0.15) is 0 Å². The fourth-order valence-corrected chi connectivity index (χ4v) is 4.15. The van der Waals surface area contributed by atoms with Crippen LogP contribution < -0.4 is 5.32 Å². The fourth-order valence-electron chi connectivity index (χ4n) is 2.69. The highest BCUT2D eigenvalue weighted by Gasteiger charge is 2.22. The molecule has 0 radical (unpaired) electrons. The van der Waals surface area contributed by atoms with Crippen LogP contribution in [0.2, 0.25) is 0 Å². The molecule has 29 heavy (non-hydrogen) atoms. The molecule has 0 fully saturated rings. The number of sulfonamides is 1. The highest BCUT2D eigenvalue weighted by molar-refractivity contribution is 7.89. The van der Waals surface area contributed by atoms with Crippen LogP contribution >= 0.6 is 0 Å². The molecule has 0 atom stereocenters. The van der Waals surface area contributed by atoms with E-state index in [-0.39, 0.29) is 29.2 Å². The van der Waals surface area contributed by atoms with Crippen LogP contribution in [0.25, 0.3) is 0 Å². The normalized spacial score (nSPS) is 12.3. The number of carbonyl (C=O) groups excluding carboxylic acids is 1. The number of hydrogen-bond donors (Lipinski definition) is 1. The van der Waals surface area contributed by atoms with Gasteiger partial charge in [-0.05, 0) is 24.1 Å². The number of nitrogens with one attached hydrogen (secondary N) is 1. The summed E-state index contributed by atoms with van der Waals surface area (Å²) in [5.41, 5.74) is 0.661. The largest absolute Gasteiger partial charge is 0.349 e. The predicted molar refractivity (Wildman–Crippen MR) is 110 cm³/mol. The molecule has 0 saturated heterocycles. The van der Waals surface area contributed by atoms with Crippen LogP contribution in [0.5, 0.6) is 0 Å². The van der Waals surface area contributed by atoms with Crippen LogP contribution in [-0.2, 0) is 33.2 Å². The molecular formula is C20H30N4O4S. The lowest BCUT2D eigenvalue weighted by atomic mass is 9.97. The van der Waals surface area contributed by atoms with Crippen molar-refractivity contribution in [3.8, 4) is 0 Å². The SMILES string of the molecule is CCN(CC)S(=O)(=O)c1ccc(CCC(=O)NCc2noc(C(C)(C)C)n2)cc1. The second-order valence-corrected chi connectivity index (χ2v) is 9.71. The Bertz CT molecular complexity index is 911. The van der Waals surface area contributed by atoms with Gasteiger partial charge in [0, 0.05) is 24.9 Å². The summed E-state index contributed by atoms with van der Waals surface area (Å²) in [4.78, 5) is 16.6. The first-order chi connectivity index (χ1) is 13.6. The monoisotopic (exact) mass is 422 g/mol. The zero-order valence-electron chi connectivity index (χ0n) is 17.7. The number of rotatable bonds is 9. The molecule has 0 saturated carbocycles. The molecule has 0 aliphatic rings. The van der Waals surface area contributed by atoms with Crippen molar-refractivity contribution in [2.24, 2.45) is 0 Å². The number of benzene rings is 1. The summed E-state index contributed by atoms with van der Waals surface area (Å²) in [5.74, 6) is 0.836. The van der Waals surface area contributed by atoms with E-state index in [1.54, 1.807) is 24.3 Å². The molecular weight excluding hydrogens is 392 g/mol. The molecule has 160 valence electrons. The fraction of sp³-hybridized carbons (Fsp3) is 0.550. The lowest BCUT2D eigenvalue weighted by Crippen LogP contribution is -2.30. The summed E-state index contributed by atoms with van der Waals surface area (Å²) >= 11 is 0. The lowest BCUT2D eigenvalue weighted by Gasteiger charge is -2.18. The number of nitrogens with zero attached hydrogens (tertiary/aromatic N) is 3. The van der Waals surface area contributed by atoms with Gasteiger partial charge in [-0.2, -0.15) is 9.29 Å². The standard InChI is InChI=1S/C20H30N4O4S/c1-6-24(7-2)29(26,27)16-11-8-15(9-12-16)10-13-18(25)21-14-17-22-19(28-23-17)20(3,4)5/h8-9,11-12H,6-7,10,13-14H2,1-5H3,(H,21,25). The average Bonchev–Trinajstić information content (AvgIpc) is 3.15. The van der Waals surface area contributed by atoms with E-state index in [1.807, 2.05) is 34.6 Å². The quantitative estimate of drug-likeness (QED) is 0.666. The Balaban J connectivity index is 1.87. The van der Waals surface area contributed by atoms with Gasteiger partial charge in [-0.1, -0.05) is 51.9 Å². The maximum absolute atomic E-state index is 12.5. The summed E-state index contributed by atoms with van der Waals surface area (Å²) in [7, 11) is -3.47. The lowest BCUT2D eigenvalue weighted by molar-refractivity contribution is -0.121. The molecule has 0 aliphatic heterocycles. The van der Waals surface area contributed by atoms with Gasteiger partial charge in [0.25, 0.3) is 0 Å². The predicted octanol–water partition coefficient (Wildman–Crippen LogP) is 2.65. The van der Waals surface area contributed by atoms with Crippen LogP contribution in [0.4, 0.5) is 0 Å². The first-order valence-corrected chi connectivity index (χ1v) is 11.2. The third-order valence-electron chi connectivity index (χ3n) is 4.46. The van der Waals surface area contributed by atoms with Gasteiger partial charge >= 0.3 is 0 Å². The van der Waals surface area contributed by atoms with Crippen LogP contribution in [0, 0.1) is 0 Å². The summed E-state index contributed by atoms with van der Waals surface area (Å²) < 4.78 is 31.6.